The van der Waals surface area contributed by atoms with E-state index in [1.54, 1.807) is 11.3 Å². The summed E-state index contributed by atoms with van der Waals surface area (Å²) in [6.45, 7) is 2.05. The molecule has 0 saturated heterocycles. The van der Waals surface area contributed by atoms with Crippen LogP contribution >= 0.6 is 22.9 Å². The van der Waals surface area contributed by atoms with Crippen molar-refractivity contribution in [1.82, 2.24) is 9.97 Å². The number of aromatic nitrogens is 2. The van der Waals surface area contributed by atoms with Gasteiger partial charge in [0, 0.05) is 30.3 Å². The number of nitrogens with zero attached hydrogens (tertiary/aromatic N) is 3. The lowest BCUT2D eigenvalue weighted by Crippen LogP contribution is -2.08. The molecule has 0 aliphatic carbocycles. The fraction of sp³-hybridized carbons (Fsp3) is 0.200. The zero-order valence-electron chi connectivity index (χ0n) is 12.0. The van der Waals surface area contributed by atoms with Crippen LogP contribution < -0.4 is 10.2 Å². The first-order valence-corrected chi connectivity index (χ1v) is 7.70. The SMILES string of the molecule is Cc1cc2c(Nc3cccc(N(C)C)c3)nc(Cl)nc2s1. The molecule has 1 N–H and O–H groups in total. The average molecular weight is 319 g/mol. The molecule has 0 aliphatic rings. The van der Waals surface area contributed by atoms with Gasteiger partial charge < -0.3 is 10.2 Å². The summed E-state index contributed by atoms with van der Waals surface area (Å²) in [7, 11) is 4.03. The number of hydrogen-bond donors (Lipinski definition) is 1. The molecule has 2 heterocycles. The van der Waals surface area contributed by atoms with E-state index in [-0.39, 0.29) is 5.28 Å². The lowest BCUT2D eigenvalue weighted by atomic mass is 10.2. The molecule has 6 heteroatoms. The number of halogens is 1. The summed E-state index contributed by atoms with van der Waals surface area (Å²) in [5.41, 5.74) is 2.10. The van der Waals surface area contributed by atoms with Crippen LogP contribution in [0.2, 0.25) is 5.28 Å². The van der Waals surface area contributed by atoms with E-state index in [1.165, 1.54) is 4.88 Å². The summed E-state index contributed by atoms with van der Waals surface area (Å²) in [6.07, 6.45) is 0. The van der Waals surface area contributed by atoms with Gasteiger partial charge >= 0.3 is 0 Å². The smallest absolute Gasteiger partial charge is 0.225 e. The van der Waals surface area contributed by atoms with Gasteiger partial charge in [0.1, 0.15) is 10.6 Å². The molecule has 0 radical (unpaired) electrons. The number of thiophene rings is 1. The molecule has 0 saturated carbocycles. The van der Waals surface area contributed by atoms with Crippen molar-refractivity contribution in [3.05, 3.63) is 40.5 Å². The largest absolute Gasteiger partial charge is 0.378 e. The third kappa shape index (κ3) is 2.94. The van der Waals surface area contributed by atoms with E-state index in [9.17, 15) is 0 Å². The van der Waals surface area contributed by atoms with Crippen molar-refractivity contribution in [2.24, 2.45) is 0 Å². The Morgan fingerprint density at radius 2 is 2.00 bits per heavy atom. The van der Waals surface area contributed by atoms with Crippen LogP contribution in [-0.4, -0.2) is 24.1 Å². The molecule has 0 spiro atoms. The van der Waals surface area contributed by atoms with Crippen LogP contribution in [0.15, 0.2) is 30.3 Å². The molecule has 0 aliphatic heterocycles. The number of fused-ring (bicyclic) bond motifs is 1. The second kappa shape index (κ2) is 5.50. The van der Waals surface area contributed by atoms with E-state index in [2.05, 4.69) is 45.3 Å². The van der Waals surface area contributed by atoms with Gasteiger partial charge in [0.05, 0.1) is 5.39 Å². The first-order valence-electron chi connectivity index (χ1n) is 6.51. The topological polar surface area (TPSA) is 41.0 Å². The Labute approximate surface area is 132 Å². The molecule has 1 aromatic carbocycles. The van der Waals surface area contributed by atoms with Crippen LogP contribution in [0.3, 0.4) is 0 Å². The molecule has 4 nitrogen and oxygen atoms in total. The fourth-order valence-electron chi connectivity index (χ4n) is 2.11. The molecule has 0 amide bonds. The van der Waals surface area contributed by atoms with E-state index < -0.39 is 0 Å². The molecule has 3 rings (SSSR count). The van der Waals surface area contributed by atoms with Crippen molar-refractivity contribution < 1.29 is 0 Å². The fourth-order valence-corrected chi connectivity index (χ4v) is 3.21. The first-order chi connectivity index (χ1) is 10.0. The highest BCUT2D eigenvalue weighted by atomic mass is 35.5. The molecule has 21 heavy (non-hydrogen) atoms. The summed E-state index contributed by atoms with van der Waals surface area (Å²) in [6, 6.07) is 10.2. The number of nitrogens with one attached hydrogen (secondary N) is 1. The number of hydrogen-bond acceptors (Lipinski definition) is 5. The maximum Gasteiger partial charge on any atom is 0.225 e. The predicted octanol–water partition coefficient (Wildman–Crippen LogP) is 4.46. The molecule has 0 unspecified atom stereocenters. The Balaban J connectivity index is 2.03. The number of aryl methyl sites for hydroxylation is 1. The highest BCUT2D eigenvalue weighted by molar-refractivity contribution is 7.18. The normalized spacial score (nSPS) is 10.9. The Bertz CT molecular complexity index is 797. The van der Waals surface area contributed by atoms with Crippen molar-refractivity contribution in [1.29, 1.82) is 0 Å². The Morgan fingerprint density at radius 3 is 2.76 bits per heavy atom. The van der Waals surface area contributed by atoms with Gasteiger partial charge in [-0.3, -0.25) is 0 Å². The zero-order valence-corrected chi connectivity index (χ0v) is 13.6. The second-order valence-electron chi connectivity index (χ2n) is 4.99. The standard InChI is InChI=1S/C15H15ClN4S/c1-9-7-12-13(18-15(16)19-14(12)21-9)17-10-5-4-6-11(8-10)20(2)3/h4-8H,1-3H3,(H,17,18,19). The van der Waals surface area contributed by atoms with Crippen molar-refractivity contribution in [2.75, 3.05) is 24.3 Å². The monoisotopic (exact) mass is 318 g/mol. The van der Waals surface area contributed by atoms with Gasteiger partial charge in [-0.2, -0.15) is 4.98 Å². The minimum Gasteiger partial charge on any atom is -0.378 e. The molecule has 0 bridgehead atoms. The van der Waals surface area contributed by atoms with Gasteiger partial charge in [0.25, 0.3) is 0 Å². The van der Waals surface area contributed by atoms with Gasteiger partial charge in [-0.05, 0) is 42.8 Å². The Morgan fingerprint density at radius 1 is 1.19 bits per heavy atom. The summed E-state index contributed by atoms with van der Waals surface area (Å²) < 4.78 is 0. The van der Waals surface area contributed by atoms with E-state index in [4.69, 9.17) is 11.6 Å². The van der Waals surface area contributed by atoms with Crippen LogP contribution in [0, 0.1) is 6.92 Å². The maximum absolute atomic E-state index is 6.02. The molecule has 0 atom stereocenters. The van der Waals surface area contributed by atoms with Crippen molar-refractivity contribution >= 4 is 50.3 Å². The average Bonchev–Trinajstić information content (AvgIpc) is 2.79. The number of anilines is 3. The minimum absolute atomic E-state index is 0.260. The number of benzene rings is 1. The maximum atomic E-state index is 6.02. The second-order valence-corrected chi connectivity index (χ2v) is 6.56. The van der Waals surface area contributed by atoms with E-state index >= 15 is 0 Å². The van der Waals surface area contributed by atoms with Gasteiger partial charge in [-0.1, -0.05) is 6.07 Å². The first kappa shape index (κ1) is 14.1. The van der Waals surface area contributed by atoms with Crippen molar-refractivity contribution in [3.63, 3.8) is 0 Å². The molecule has 2 aromatic heterocycles. The van der Waals surface area contributed by atoms with Crippen LogP contribution in [0.25, 0.3) is 10.2 Å². The van der Waals surface area contributed by atoms with Crippen LogP contribution in [0.5, 0.6) is 0 Å². The summed E-state index contributed by atoms with van der Waals surface area (Å²) in [5.74, 6) is 0.741. The summed E-state index contributed by atoms with van der Waals surface area (Å²) >= 11 is 7.63. The van der Waals surface area contributed by atoms with Crippen LogP contribution in [0.4, 0.5) is 17.2 Å². The third-order valence-electron chi connectivity index (χ3n) is 3.11. The van der Waals surface area contributed by atoms with Crippen LogP contribution in [0.1, 0.15) is 4.88 Å². The van der Waals surface area contributed by atoms with Crippen molar-refractivity contribution in [2.45, 2.75) is 6.92 Å². The van der Waals surface area contributed by atoms with Crippen molar-refractivity contribution in [3.8, 4) is 0 Å². The van der Waals surface area contributed by atoms with E-state index in [0.717, 1.165) is 27.4 Å². The van der Waals surface area contributed by atoms with E-state index in [0.29, 0.717) is 0 Å². The lowest BCUT2D eigenvalue weighted by Gasteiger charge is -2.14. The van der Waals surface area contributed by atoms with Gasteiger partial charge in [-0.15, -0.1) is 11.3 Å². The summed E-state index contributed by atoms with van der Waals surface area (Å²) in [5, 5.41) is 4.60. The number of rotatable bonds is 3. The zero-order chi connectivity index (χ0) is 15.0. The molecular weight excluding hydrogens is 304 g/mol. The van der Waals surface area contributed by atoms with Gasteiger partial charge in [0.2, 0.25) is 5.28 Å². The minimum atomic E-state index is 0.260. The third-order valence-corrected chi connectivity index (χ3v) is 4.23. The van der Waals surface area contributed by atoms with Gasteiger partial charge in [-0.25, -0.2) is 4.98 Å². The highest BCUT2D eigenvalue weighted by Gasteiger charge is 2.10. The molecule has 3 aromatic rings. The molecule has 0 fully saturated rings. The lowest BCUT2D eigenvalue weighted by molar-refractivity contribution is 1.13. The predicted molar refractivity (Wildman–Crippen MR) is 91.2 cm³/mol. The van der Waals surface area contributed by atoms with Crippen LogP contribution in [-0.2, 0) is 0 Å². The Hall–Kier alpha value is -1.85. The quantitative estimate of drug-likeness (QED) is 0.724. The van der Waals surface area contributed by atoms with Gasteiger partial charge in [0.15, 0.2) is 0 Å². The molecular formula is C15H15ClN4S. The Kier molecular flexibility index (Phi) is 3.69. The summed E-state index contributed by atoms with van der Waals surface area (Å²) in [4.78, 5) is 12.7. The molecule has 108 valence electrons. The highest BCUT2D eigenvalue weighted by Crippen LogP contribution is 2.31. The van der Waals surface area contributed by atoms with E-state index in [1.807, 2.05) is 26.2 Å².